The van der Waals surface area contributed by atoms with Gasteiger partial charge in [0, 0.05) is 27.9 Å². The maximum Gasteiger partial charge on any atom is 0.194 e. The summed E-state index contributed by atoms with van der Waals surface area (Å²) in [6.07, 6.45) is 3.25. The van der Waals surface area contributed by atoms with Gasteiger partial charge in [-0.25, -0.2) is 0 Å². The van der Waals surface area contributed by atoms with Crippen LogP contribution in [-0.2, 0) is 12.8 Å². The Bertz CT molecular complexity index is 806. The first-order valence-electron chi connectivity index (χ1n) is 8.22. The van der Waals surface area contributed by atoms with Crippen LogP contribution in [0.4, 0.5) is 5.69 Å². The molecule has 0 heterocycles. The number of ketones is 2. The van der Waals surface area contributed by atoms with Crippen molar-refractivity contribution in [1.82, 2.24) is 0 Å². The fraction of sp³-hybridized carbons (Fsp3) is 0.300. The van der Waals surface area contributed by atoms with E-state index in [1.165, 1.54) is 0 Å². The van der Waals surface area contributed by atoms with E-state index in [1.807, 2.05) is 6.07 Å². The number of rotatable bonds is 4. The second-order valence-electron chi connectivity index (χ2n) is 6.06. The molecule has 0 saturated heterocycles. The molecule has 0 aromatic heterocycles. The number of fused-ring (bicyclic) bond motifs is 2. The SMILES string of the molecule is CCCc1cc(N)c(CCC)c2c1C(=O)c1ccccc1C2=O. The van der Waals surface area contributed by atoms with Gasteiger partial charge in [0.2, 0.25) is 0 Å². The third kappa shape index (κ3) is 2.37. The quantitative estimate of drug-likeness (QED) is 0.742. The Kier molecular flexibility index (Phi) is 4.03. The minimum absolute atomic E-state index is 0.0454. The van der Waals surface area contributed by atoms with Crippen molar-refractivity contribution in [3.63, 3.8) is 0 Å². The van der Waals surface area contributed by atoms with Crippen molar-refractivity contribution in [2.24, 2.45) is 0 Å². The van der Waals surface area contributed by atoms with Crippen LogP contribution in [0.15, 0.2) is 30.3 Å². The van der Waals surface area contributed by atoms with Gasteiger partial charge in [-0.05, 0) is 30.0 Å². The molecule has 0 saturated carbocycles. The number of benzene rings is 2. The third-order valence-electron chi connectivity index (χ3n) is 4.44. The molecule has 0 atom stereocenters. The zero-order valence-corrected chi connectivity index (χ0v) is 13.6. The number of hydrogen-bond acceptors (Lipinski definition) is 3. The minimum Gasteiger partial charge on any atom is -0.398 e. The first-order chi connectivity index (χ1) is 11.1. The highest BCUT2D eigenvalue weighted by atomic mass is 16.1. The Morgan fingerprint density at radius 1 is 0.870 bits per heavy atom. The van der Waals surface area contributed by atoms with E-state index >= 15 is 0 Å². The third-order valence-corrected chi connectivity index (χ3v) is 4.44. The van der Waals surface area contributed by atoms with Gasteiger partial charge >= 0.3 is 0 Å². The number of hydrogen-bond donors (Lipinski definition) is 1. The zero-order valence-electron chi connectivity index (χ0n) is 13.6. The fourth-order valence-electron chi connectivity index (χ4n) is 3.45. The van der Waals surface area contributed by atoms with E-state index in [0.29, 0.717) is 34.4 Å². The van der Waals surface area contributed by atoms with Crippen molar-refractivity contribution >= 4 is 17.3 Å². The lowest BCUT2D eigenvalue weighted by Crippen LogP contribution is -2.25. The van der Waals surface area contributed by atoms with Gasteiger partial charge in [0.15, 0.2) is 11.6 Å². The number of carbonyl (C=O) groups is 2. The number of aryl methyl sites for hydroxylation is 1. The molecular formula is C20H21NO2. The summed E-state index contributed by atoms with van der Waals surface area (Å²) >= 11 is 0. The van der Waals surface area contributed by atoms with Crippen LogP contribution in [0.5, 0.6) is 0 Å². The highest BCUT2D eigenvalue weighted by molar-refractivity contribution is 6.29. The summed E-state index contributed by atoms with van der Waals surface area (Å²) in [5, 5.41) is 0. The number of nitrogen functional groups attached to an aromatic ring is 1. The maximum atomic E-state index is 13.1. The van der Waals surface area contributed by atoms with E-state index in [1.54, 1.807) is 24.3 Å². The van der Waals surface area contributed by atoms with Crippen molar-refractivity contribution in [2.75, 3.05) is 5.73 Å². The average molecular weight is 307 g/mol. The number of nitrogens with two attached hydrogens (primary N) is 1. The van der Waals surface area contributed by atoms with Gasteiger partial charge in [-0.1, -0.05) is 51.0 Å². The summed E-state index contributed by atoms with van der Waals surface area (Å²) in [6.45, 7) is 4.11. The molecule has 3 nitrogen and oxygen atoms in total. The van der Waals surface area contributed by atoms with Gasteiger partial charge < -0.3 is 5.73 Å². The van der Waals surface area contributed by atoms with Crippen LogP contribution in [0, 0.1) is 0 Å². The van der Waals surface area contributed by atoms with Crippen molar-refractivity contribution in [2.45, 2.75) is 39.5 Å². The molecule has 1 aliphatic rings. The van der Waals surface area contributed by atoms with Gasteiger partial charge in [0.1, 0.15) is 0 Å². The van der Waals surface area contributed by atoms with E-state index in [4.69, 9.17) is 5.73 Å². The maximum absolute atomic E-state index is 13.1. The Morgan fingerprint density at radius 2 is 1.43 bits per heavy atom. The van der Waals surface area contributed by atoms with Crippen LogP contribution in [0.3, 0.4) is 0 Å². The monoisotopic (exact) mass is 307 g/mol. The lowest BCUT2D eigenvalue weighted by Gasteiger charge is -2.24. The summed E-state index contributed by atoms with van der Waals surface area (Å²) in [6, 6.07) is 8.97. The number of carbonyl (C=O) groups excluding carboxylic acids is 2. The Hall–Kier alpha value is -2.42. The molecule has 2 aromatic carbocycles. The normalized spacial score (nSPS) is 13.0. The Labute approximate surface area is 136 Å². The second kappa shape index (κ2) is 5.99. The molecular weight excluding hydrogens is 286 g/mol. The lowest BCUT2D eigenvalue weighted by molar-refractivity contribution is 0.0977. The first kappa shape index (κ1) is 15.5. The summed E-state index contributed by atoms with van der Waals surface area (Å²) in [5.41, 5.74) is 10.7. The molecule has 2 aromatic rings. The lowest BCUT2D eigenvalue weighted by atomic mass is 9.77. The van der Waals surface area contributed by atoms with E-state index in [2.05, 4.69) is 13.8 Å². The highest BCUT2D eigenvalue weighted by Gasteiger charge is 2.33. The van der Waals surface area contributed by atoms with Gasteiger partial charge in [0.05, 0.1) is 0 Å². The largest absolute Gasteiger partial charge is 0.398 e. The molecule has 23 heavy (non-hydrogen) atoms. The molecule has 0 fully saturated rings. The second-order valence-corrected chi connectivity index (χ2v) is 6.06. The highest BCUT2D eigenvalue weighted by Crippen LogP contribution is 2.35. The van der Waals surface area contributed by atoms with E-state index in [-0.39, 0.29) is 11.6 Å². The molecule has 2 N–H and O–H groups in total. The molecule has 0 aliphatic heterocycles. The first-order valence-corrected chi connectivity index (χ1v) is 8.22. The van der Waals surface area contributed by atoms with Crippen LogP contribution in [0.1, 0.15) is 69.7 Å². The molecule has 0 bridgehead atoms. The van der Waals surface area contributed by atoms with E-state index < -0.39 is 0 Å². The van der Waals surface area contributed by atoms with Gasteiger partial charge in [-0.3, -0.25) is 9.59 Å². The van der Waals surface area contributed by atoms with Crippen molar-refractivity contribution in [3.05, 3.63) is 63.7 Å². The van der Waals surface area contributed by atoms with E-state index in [0.717, 1.165) is 30.4 Å². The standard InChI is InChI=1S/C20H21NO2/c1-3-7-12-11-16(21)15(8-4-2)18-17(12)19(22)13-9-5-6-10-14(13)20(18)23/h5-6,9-11H,3-4,7-8,21H2,1-2H3. The minimum atomic E-state index is -0.0664. The molecule has 1 aliphatic carbocycles. The van der Waals surface area contributed by atoms with Gasteiger partial charge in [-0.2, -0.15) is 0 Å². The van der Waals surface area contributed by atoms with Crippen LogP contribution in [0.2, 0.25) is 0 Å². The summed E-state index contributed by atoms with van der Waals surface area (Å²) in [7, 11) is 0. The summed E-state index contributed by atoms with van der Waals surface area (Å²) in [5.74, 6) is -0.112. The summed E-state index contributed by atoms with van der Waals surface area (Å²) in [4.78, 5) is 26.1. The molecule has 0 radical (unpaired) electrons. The van der Waals surface area contributed by atoms with Crippen LogP contribution >= 0.6 is 0 Å². The van der Waals surface area contributed by atoms with Crippen molar-refractivity contribution in [3.8, 4) is 0 Å². The van der Waals surface area contributed by atoms with Crippen LogP contribution in [-0.4, -0.2) is 11.6 Å². The van der Waals surface area contributed by atoms with Gasteiger partial charge in [0.25, 0.3) is 0 Å². The predicted octanol–water partition coefficient (Wildman–Crippen LogP) is 3.95. The smallest absolute Gasteiger partial charge is 0.194 e. The molecule has 0 unspecified atom stereocenters. The van der Waals surface area contributed by atoms with Crippen LogP contribution in [0.25, 0.3) is 0 Å². The molecule has 3 heteroatoms. The summed E-state index contributed by atoms with van der Waals surface area (Å²) < 4.78 is 0. The number of anilines is 1. The van der Waals surface area contributed by atoms with Gasteiger partial charge in [-0.15, -0.1) is 0 Å². The topological polar surface area (TPSA) is 60.2 Å². The zero-order chi connectivity index (χ0) is 16.6. The Morgan fingerprint density at radius 3 is 2.00 bits per heavy atom. The average Bonchev–Trinajstić information content (AvgIpc) is 2.55. The molecule has 118 valence electrons. The van der Waals surface area contributed by atoms with E-state index in [9.17, 15) is 9.59 Å². The van der Waals surface area contributed by atoms with Crippen molar-refractivity contribution in [1.29, 1.82) is 0 Å². The molecule has 3 rings (SSSR count). The van der Waals surface area contributed by atoms with Crippen molar-refractivity contribution < 1.29 is 9.59 Å². The van der Waals surface area contributed by atoms with Crippen LogP contribution < -0.4 is 5.73 Å². The molecule has 0 amide bonds. The Balaban J connectivity index is 2.34. The fourth-order valence-corrected chi connectivity index (χ4v) is 3.45. The molecule has 0 spiro atoms. The predicted molar refractivity (Wildman–Crippen MR) is 92.2 cm³/mol.